The highest BCUT2D eigenvalue weighted by Crippen LogP contribution is 2.20. The van der Waals surface area contributed by atoms with Gasteiger partial charge in [-0.05, 0) is 25.0 Å². The Bertz CT molecular complexity index is 339. The summed E-state index contributed by atoms with van der Waals surface area (Å²) < 4.78 is 0. The van der Waals surface area contributed by atoms with Crippen molar-refractivity contribution in [1.29, 1.82) is 0 Å². The molecule has 2 heterocycles. The number of amides is 1. The molecule has 1 amide bonds. The van der Waals surface area contributed by atoms with Gasteiger partial charge in [-0.3, -0.25) is 4.79 Å². The molecule has 0 bridgehead atoms. The maximum Gasteiger partial charge on any atom is 0.222 e. The van der Waals surface area contributed by atoms with Gasteiger partial charge in [0.1, 0.15) is 5.82 Å². The highest BCUT2D eigenvalue weighted by molar-refractivity contribution is 5.77. The van der Waals surface area contributed by atoms with E-state index in [0.717, 1.165) is 25.2 Å². The summed E-state index contributed by atoms with van der Waals surface area (Å²) in [7, 11) is 0. The number of carbonyl (C=O) groups excluding carboxylic acids is 1. The zero-order valence-corrected chi connectivity index (χ0v) is 8.60. The van der Waals surface area contributed by atoms with Gasteiger partial charge in [-0.1, -0.05) is 6.07 Å². The number of anilines is 1. The lowest BCUT2D eigenvalue weighted by Crippen LogP contribution is -2.41. The third-order valence-corrected chi connectivity index (χ3v) is 2.80. The van der Waals surface area contributed by atoms with E-state index in [4.69, 9.17) is 5.73 Å². The molecular weight excluding hydrogens is 190 g/mol. The number of pyridine rings is 1. The van der Waals surface area contributed by atoms with Gasteiger partial charge in [0.2, 0.25) is 5.91 Å². The Labute approximate surface area is 89.1 Å². The lowest BCUT2D eigenvalue weighted by atomic mass is 9.97. The average molecular weight is 205 g/mol. The number of carbonyl (C=O) groups is 1. The van der Waals surface area contributed by atoms with E-state index in [-0.39, 0.29) is 11.8 Å². The van der Waals surface area contributed by atoms with Crippen molar-refractivity contribution in [3.63, 3.8) is 0 Å². The van der Waals surface area contributed by atoms with Gasteiger partial charge in [-0.15, -0.1) is 0 Å². The number of rotatable bonds is 2. The molecule has 0 aromatic carbocycles. The Morgan fingerprint density at radius 1 is 1.53 bits per heavy atom. The first kappa shape index (κ1) is 9.96. The molecule has 4 nitrogen and oxygen atoms in total. The highest BCUT2D eigenvalue weighted by atomic mass is 16.1. The predicted octanol–water partition coefficient (Wildman–Crippen LogP) is 0.783. The van der Waals surface area contributed by atoms with Crippen LogP contribution in [0.2, 0.25) is 0 Å². The van der Waals surface area contributed by atoms with Crippen molar-refractivity contribution in [1.82, 2.24) is 4.98 Å². The van der Waals surface area contributed by atoms with E-state index in [9.17, 15) is 4.79 Å². The molecule has 2 N–H and O–H groups in total. The second-order valence-corrected chi connectivity index (χ2v) is 3.88. The van der Waals surface area contributed by atoms with E-state index in [1.807, 2.05) is 18.2 Å². The molecular formula is C11H15N3O. The number of piperidine rings is 1. The van der Waals surface area contributed by atoms with Crippen LogP contribution in [0.3, 0.4) is 0 Å². The predicted molar refractivity (Wildman–Crippen MR) is 58.4 cm³/mol. The summed E-state index contributed by atoms with van der Waals surface area (Å²) in [6.45, 7) is 1.66. The average Bonchev–Trinajstić information content (AvgIpc) is 2.30. The van der Waals surface area contributed by atoms with Crippen molar-refractivity contribution < 1.29 is 4.79 Å². The summed E-state index contributed by atoms with van der Waals surface area (Å²) >= 11 is 0. The SMILES string of the molecule is NC(=O)[C@H]1CCCN(c2ccccn2)C1. The first-order valence-corrected chi connectivity index (χ1v) is 5.22. The van der Waals surface area contributed by atoms with Crippen LogP contribution in [0, 0.1) is 5.92 Å². The highest BCUT2D eigenvalue weighted by Gasteiger charge is 2.24. The van der Waals surface area contributed by atoms with Gasteiger partial charge in [0.15, 0.2) is 0 Å². The summed E-state index contributed by atoms with van der Waals surface area (Å²) in [4.78, 5) is 17.5. The number of nitrogens with two attached hydrogens (primary N) is 1. The Morgan fingerprint density at radius 3 is 3.07 bits per heavy atom. The van der Waals surface area contributed by atoms with Crippen LogP contribution >= 0.6 is 0 Å². The second kappa shape index (κ2) is 4.29. The molecule has 0 unspecified atom stereocenters. The van der Waals surface area contributed by atoms with Crippen molar-refractivity contribution in [3.8, 4) is 0 Å². The maximum absolute atomic E-state index is 11.1. The van der Waals surface area contributed by atoms with Crippen LogP contribution in [0.1, 0.15) is 12.8 Å². The van der Waals surface area contributed by atoms with Crippen molar-refractivity contribution in [3.05, 3.63) is 24.4 Å². The van der Waals surface area contributed by atoms with Crippen LogP contribution < -0.4 is 10.6 Å². The van der Waals surface area contributed by atoms with E-state index in [0.29, 0.717) is 6.54 Å². The van der Waals surface area contributed by atoms with Crippen molar-refractivity contribution in [2.45, 2.75) is 12.8 Å². The van der Waals surface area contributed by atoms with Crippen LogP contribution in [-0.2, 0) is 4.79 Å². The normalized spacial score (nSPS) is 21.3. The fourth-order valence-electron chi connectivity index (χ4n) is 1.96. The van der Waals surface area contributed by atoms with Crippen LogP contribution in [0.4, 0.5) is 5.82 Å². The molecule has 2 rings (SSSR count). The molecule has 1 atom stereocenters. The number of primary amides is 1. The molecule has 0 radical (unpaired) electrons. The smallest absolute Gasteiger partial charge is 0.222 e. The Morgan fingerprint density at radius 2 is 2.40 bits per heavy atom. The van der Waals surface area contributed by atoms with E-state index in [1.54, 1.807) is 6.20 Å². The van der Waals surface area contributed by atoms with E-state index >= 15 is 0 Å². The number of hydrogen-bond donors (Lipinski definition) is 1. The monoisotopic (exact) mass is 205 g/mol. The third kappa shape index (κ3) is 2.26. The Balaban J connectivity index is 2.08. The van der Waals surface area contributed by atoms with Gasteiger partial charge in [-0.2, -0.15) is 0 Å². The summed E-state index contributed by atoms with van der Waals surface area (Å²) in [6.07, 6.45) is 3.67. The van der Waals surface area contributed by atoms with Crippen molar-refractivity contribution >= 4 is 11.7 Å². The van der Waals surface area contributed by atoms with Crippen LogP contribution in [0.5, 0.6) is 0 Å². The fraction of sp³-hybridized carbons (Fsp3) is 0.455. The number of hydrogen-bond acceptors (Lipinski definition) is 3. The first-order chi connectivity index (χ1) is 7.27. The van der Waals surface area contributed by atoms with E-state index in [1.165, 1.54) is 0 Å². The van der Waals surface area contributed by atoms with E-state index < -0.39 is 0 Å². The zero-order valence-electron chi connectivity index (χ0n) is 8.60. The fourth-order valence-corrected chi connectivity index (χ4v) is 1.96. The van der Waals surface area contributed by atoms with Crippen molar-refractivity contribution in [2.75, 3.05) is 18.0 Å². The van der Waals surface area contributed by atoms with Gasteiger partial charge in [0.05, 0.1) is 5.92 Å². The lowest BCUT2D eigenvalue weighted by Gasteiger charge is -2.31. The molecule has 80 valence electrons. The van der Waals surface area contributed by atoms with Crippen LogP contribution in [0.25, 0.3) is 0 Å². The summed E-state index contributed by atoms with van der Waals surface area (Å²) in [5.74, 6) is 0.708. The van der Waals surface area contributed by atoms with Gasteiger partial charge >= 0.3 is 0 Å². The summed E-state index contributed by atoms with van der Waals surface area (Å²) in [5.41, 5.74) is 5.32. The van der Waals surface area contributed by atoms with Gasteiger partial charge in [0, 0.05) is 19.3 Å². The van der Waals surface area contributed by atoms with Crippen molar-refractivity contribution in [2.24, 2.45) is 11.7 Å². The molecule has 4 heteroatoms. The Kier molecular flexibility index (Phi) is 2.85. The maximum atomic E-state index is 11.1. The van der Waals surface area contributed by atoms with Gasteiger partial charge in [0.25, 0.3) is 0 Å². The molecule has 1 aliphatic heterocycles. The van der Waals surface area contributed by atoms with Crippen LogP contribution in [-0.4, -0.2) is 24.0 Å². The molecule has 0 spiro atoms. The largest absolute Gasteiger partial charge is 0.369 e. The minimum Gasteiger partial charge on any atom is -0.369 e. The van der Waals surface area contributed by atoms with Gasteiger partial charge in [-0.25, -0.2) is 4.98 Å². The lowest BCUT2D eigenvalue weighted by molar-refractivity contribution is -0.122. The minimum absolute atomic E-state index is 0.0271. The molecule has 15 heavy (non-hydrogen) atoms. The Hall–Kier alpha value is -1.58. The standard InChI is InChI=1S/C11H15N3O/c12-11(15)9-4-3-7-14(8-9)10-5-1-2-6-13-10/h1-2,5-6,9H,3-4,7-8H2,(H2,12,15)/t9-/m0/s1. The molecule has 1 aliphatic rings. The molecule has 0 saturated carbocycles. The van der Waals surface area contributed by atoms with Crippen LogP contribution in [0.15, 0.2) is 24.4 Å². The molecule has 1 saturated heterocycles. The first-order valence-electron chi connectivity index (χ1n) is 5.22. The minimum atomic E-state index is -0.198. The second-order valence-electron chi connectivity index (χ2n) is 3.88. The summed E-state index contributed by atoms with van der Waals surface area (Å²) in [6, 6.07) is 5.80. The molecule has 0 aliphatic carbocycles. The zero-order chi connectivity index (χ0) is 10.7. The number of nitrogens with zero attached hydrogens (tertiary/aromatic N) is 2. The third-order valence-electron chi connectivity index (χ3n) is 2.80. The number of aromatic nitrogens is 1. The topological polar surface area (TPSA) is 59.2 Å². The molecule has 1 aromatic heterocycles. The molecule has 1 aromatic rings. The molecule has 1 fully saturated rings. The summed E-state index contributed by atoms with van der Waals surface area (Å²) in [5, 5.41) is 0. The van der Waals surface area contributed by atoms with Gasteiger partial charge < -0.3 is 10.6 Å². The van der Waals surface area contributed by atoms with E-state index in [2.05, 4.69) is 9.88 Å². The quantitative estimate of drug-likeness (QED) is 0.776.